The maximum atomic E-state index is 2.42. The number of rotatable bonds is 2. The van der Waals surface area contributed by atoms with Gasteiger partial charge in [-0.3, -0.25) is 0 Å². The number of benzene rings is 2. The van der Waals surface area contributed by atoms with E-state index in [2.05, 4.69) is 112 Å². The van der Waals surface area contributed by atoms with Crippen LogP contribution in [-0.4, -0.2) is 0 Å². The smallest absolute Gasteiger partial charge is 0.0159 e. The van der Waals surface area contributed by atoms with Gasteiger partial charge in [0.1, 0.15) is 0 Å². The first-order valence-corrected chi connectivity index (χ1v) is 10.9. The van der Waals surface area contributed by atoms with Gasteiger partial charge in [0, 0.05) is 5.41 Å². The molecule has 0 aliphatic heterocycles. The summed E-state index contributed by atoms with van der Waals surface area (Å²) in [4.78, 5) is 0. The van der Waals surface area contributed by atoms with Crippen molar-refractivity contribution >= 4 is 5.57 Å². The minimum Gasteiger partial charge on any atom is -0.0807 e. The summed E-state index contributed by atoms with van der Waals surface area (Å²) in [6.07, 6.45) is 22.2. The first kappa shape index (κ1) is 18.9. The standard InChI is InChI=1S/C30H28/c1-21-13-17-26-27-18-16-25(20-29(27)30(2,3)28(26)19-21)24-12-8-11-23(14-15-24)22-9-6-4-5-7-10-22/h4-6,9-20H,7-8H2,1-3H3. The summed E-state index contributed by atoms with van der Waals surface area (Å²) in [6, 6.07) is 13.9. The van der Waals surface area contributed by atoms with Crippen molar-refractivity contribution < 1.29 is 0 Å². The molecule has 0 bridgehead atoms. The molecule has 2 aromatic rings. The van der Waals surface area contributed by atoms with Gasteiger partial charge in [0.15, 0.2) is 0 Å². The summed E-state index contributed by atoms with van der Waals surface area (Å²) in [5, 5.41) is 0. The molecular formula is C30H28. The molecule has 2 aromatic carbocycles. The monoisotopic (exact) mass is 388 g/mol. The lowest BCUT2D eigenvalue weighted by atomic mass is 9.81. The highest BCUT2D eigenvalue weighted by Gasteiger charge is 2.35. The molecule has 0 atom stereocenters. The Morgan fingerprint density at radius 3 is 2.20 bits per heavy atom. The molecule has 0 heteroatoms. The van der Waals surface area contributed by atoms with E-state index in [4.69, 9.17) is 0 Å². The van der Waals surface area contributed by atoms with Gasteiger partial charge in [-0.05, 0) is 70.4 Å². The first-order chi connectivity index (χ1) is 14.5. The molecule has 3 aliphatic rings. The summed E-state index contributed by atoms with van der Waals surface area (Å²) in [5.41, 5.74) is 12.3. The van der Waals surface area contributed by atoms with E-state index in [1.165, 1.54) is 50.1 Å². The molecule has 3 aliphatic carbocycles. The summed E-state index contributed by atoms with van der Waals surface area (Å²) in [7, 11) is 0. The Bertz CT molecular complexity index is 1200. The average Bonchev–Trinajstić information content (AvgIpc) is 3.06. The number of aryl methyl sites for hydroxylation is 1. The predicted molar refractivity (Wildman–Crippen MR) is 130 cm³/mol. The molecule has 0 radical (unpaired) electrons. The highest BCUT2D eigenvalue weighted by molar-refractivity contribution is 5.85. The van der Waals surface area contributed by atoms with Gasteiger partial charge < -0.3 is 0 Å². The Labute approximate surface area is 180 Å². The quantitative estimate of drug-likeness (QED) is 0.489. The second-order valence-electron chi connectivity index (χ2n) is 9.00. The van der Waals surface area contributed by atoms with Gasteiger partial charge in [-0.2, -0.15) is 0 Å². The van der Waals surface area contributed by atoms with Crippen LogP contribution in [0.25, 0.3) is 16.7 Å². The molecular weight excluding hydrogens is 360 g/mol. The van der Waals surface area contributed by atoms with Gasteiger partial charge in [-0.25, -0.2) is 0 Å². The van der Waals surface area contributed by atoms with Crippen LogP contribution in [0.4, 0.5) is 0 Å². The fourth-order valence-corrected chi connectivity index (χ4v) is 4.88. The first-order valence-electron chi connectivity index (χ1n) is 10.9. The van der Waals surface area contributed by atoms with Crippen molar-refractivity contribution in [2.75, 3.05) is 0 Å². The Kier molecular flexibility index (Phi) is 4.59. The molecule has 0 heterocycles. The minimum atomic E-state index is 0.0358. The van der Waals surface area contributed by atoms with Crippen molar-refractivity contribution in [1.82, 2.24) is 0 Å². The molecule has 0 saturated carbocycles. The lowest BCUT2D eigenvalue weighted by Gasteiger charge is -2.22. The molecule has 0 N–H and O–H groups in total. The summed E-state index contributed by atoms with van der Waals surface area (Å²) in [5.74, 6) is 0. The largest absolute Gasteiger partial charge is 0.0807 e. The number of hydrogen-bond donors (Lipinski definition) is 0. The Morgan fingerprint density at radius 1 is 0.667 bits per heavy atom. The maximum absolute atomic E-state index is 2.42. The molecule has 0 fully saturated rings. The topological polar surface area (TPSA) is 0 Å². The number of allylic oxidation sites excluding steroid dienone is 12. The third-order valence-electron chi connectivity index (χ3n) is 6.61. The molecule has 5 rings (SSSR count). The molecule has 0 spiro atoms. The van der Waals surface area contributed by atoms with E-state index in [1.807, 2.05) is 0 Å². The SMILES string of the molecule is Cc1ccc2c(c1)C(C)(C)c1cc(C3=CCC=C(C4=CCC=CC=C4)C=C3)ccc1-2. The highest BCUT2D eigenvalue weighted by Crippen LogP contribution is 2.49. The van der Waals surface area contributed by atoms with Gasteiger partial charge >= 0.3 is 0 Å². The summed E-state index contributed by atoms with van der Waals surface area (Å²) < 4.78 is 0. The van der Waals surface area contributed by atoms with E-state index < -0.39 is 0 Å². The van der Waals surface area contributed by atoms with Crippen LogP contribution in [0.5, 0.6) is 0 Å². The van der Waals surface area contributed by atoms with E-state index in [9.17, 15) is 0 Å². The molecule has 0 unspecified atom stereocenters. The van der Waals surface area contributed by atoms with Crippen LogP contribution >= 0.6 is 0 Å². The Hall–Kier alpha value is -3.12. The Morgan fingerprint density at radius 2 is 1.33 bits per heavy atom. The predicted octanol–water partition coefficient (Wildman–Crippen LogP) is 8.01. The van der Waals surface area contributed by atoms with Gasteiger partial charge in [0.2, 0.25) is 0 Å². The second kappa shape index (κ2) is 7.29. The lowest BCUT2D eigenvalue weighted by molar-refractivity contribution is 0.659. The lowest BCUT2D eigenvalue weighted by Crippen LogP contribution is -2.15. The van der Waals surface area contributed by atoms with Gasteiger partial charge in [-0.1, -0.05) is 104 Å². The van der Waals surface area contributed by atoms with E-state index >= 15 is 0 Å². The van der Waals surface area contributed by atoms with Crippen molar-refractivity contribution in [1.29, 1.82) is 0 Å². The van der Waals surface area contributed by atoms with Crippen molar-refractivity contribution in [2.24, 2.45) is 0 Å². The van der Waals surface area contributed by atoms with Crippen LogP contribution in [0, 0.1) is 6.92 Å². The van der Waals surface area contributed by atoms with Gasteiger partial charge in [0.25, 0.3) is 0 Å². The van der Waals surface area contributed by atoms with Crippen LogP contribution in [0.3, 0.4) is 0 Å². The van der Waals surface area contributed by atoms with Gasteiger partial charge in [0.05, 0.1) is 0 Å². The number of hydrogen-bond acceptors (Lipinski definition) is 0. The molecule has 0 nitrogen and oxygen atoms in total. The fourth-order valence-electron chi connectivity index (χ4n) is 4.88. The van der Waals surface area contributed by atoms with E-state index in [-0.39, 0.29) is 5.41 Å². The van der Waals surface area contributed by atoms with Crippen LogP contribution in [0.15, 0.2) is 102 Å². The third kappa shape index (κ3) is 3.17. The fraction of sp³-hybridized carbons (Fsp3) is 0.200. The maximum Gasteiger partial charge on any atom is 0.0159 e. The van der Waals surface area contributed by atoms with Crippen LogP contribution < -0.4 is 0 Å². The van der Waals surface area contributed by atoms with E-state index in [0.29, 0.717) is 0 Å². The minimum absolute atomic E-state index is 0.0358. The van der Waals surface area contributed by atoms with Crippen molar-refractivity contribution in [3.8, 4) is 11.1 Å². The highest BCUT2D eigenvalue weighted by atomic mass is 14.4. The van der Waals surface area contributed by atoms with Crippen molar-refractivity contribution in [3.63, 3.8) is 0 Å². The third-order valence-corrected chi connectivity index (χ3v) is 6.61. The van der Waals surface area contributed by atoms with E-state index in [1.54, 1.807) is 0 Å². The molecule has 0 saturated heterocycles. The van der Waals surface area contributed by atoms with Gasteiger partial charge in [-0.15, -0.1) is 0 Å². The summed E-state index contributed by atoms with van der Waals surface area (Å²) >= 11 is 0. The zero-order valence-electron chi connectivity index (χ0n) is 18.1. The zero-order valence-corrected chi connectivity index (χ0v) is 18.1. The van der Waals surface area contributed by atoms with Crippen LogP contribution in [-0.2, 0) is 5.41 Å². The van der Waals surface area contributed by atoms with Crippen molar-refractivity contribution in [3.05, 3.63) is 124 Å². The Balaban J connectivity index is 1.48. The normalized spacial score (nSPS) is 18.7. The zero-order chi connectivity index (χ0) is 20.7. The average molecular weight is 389 g/mol. The summed E-state index contributed by atoms with van der Waals surface area (Å²) in [6.45, 7) is 6.90. The van der Waals surface area contributed by atoms with E-state index in [0.717, 1.165) is 12.8 Å². The van der Waals surface area contributed by atoms with Crippen LogP contribution in [0.2, 0.25) is 0 Å². The molecule has 0 amide bonds. The molecule has 0 aromatic heterocycles. The number of fused-ring (bicyclic) bond motifs is 3. The molecule has 148 valence electrons. The second-order valence-corrected chi connectivity index (χ2v) is 9.00. The molecule has 30 heavy (non-hydrogen) atoms. The van der Waals surface area contributed by atoms with Crippen LogP contribution in [0.1, 0.15) is 48.9 Å². The van der Waals surface area contributed by atoms with Crippen molar-refractivity contribution in [2.45, 2.75) is 39.0 Å².